The standard InChI is InChI=1S/C10H7Cl.C4H4N2/c11-10-7-3-5-8-4-1-2-6-9(8)10;1-2-4-6-5-3-1/h1-7H;1-4H. The summed E-state index contributed by atoms with van der Waals surface area (Å²) in [5.41, 5.74) is 0. The molecule has 0 radical (unpaired) electrons. The Labute approximate surface area is 105 Å². The van der Waals surface area contributed by atoms with Crippen molar-refractivity contribution in [1.29, 1.82) is 0 Å². The minimum absolute atomic E-state index is 0.822. The molecule has 3 heteroatoms. The highest BCUT2D eigenvalue weighted by Gasteiger charge is 1.93. The maximum atomic E-state index is 5.96. The van der Waals surface area contributed by atoms with E-state index in [4.69, 9.17) is 11.6 Å². The maximum Gasteiger partial charge on any atom is 0.0496 e. The van der Waals surface area contributed by atoms with Gasteiger partial charge in [0.05, 0.1) is 0 Å². The van der Waals surface area contributed by atoms with Gasteiger partial charge in [-0.15, -0.1) is 0 Å². The molecule has 3 rings (SSSR count). The molecular weight excluding hydrogens is 232 g/mol. The summed E-state index contributed by atoms with van der Waals surface area (Å²) in [6.45, 7) is 0. The molecule has 0 atom stereocenters. The molecule has 17 heavy (non-hydrogen) atoms. The molecule has 0 aliphatic rings. The van der Waals surface area contributed by atoms with Crippen molar-refractivity contribution in [3.63, 3.8) is 0 Å². The summed E-state index contributed by atoms with van der Waals surface area (Å²) in [7, 11) is 0. The van der Waals surface area contributed by atoms with Crippen LogP contribution < -0.4 is 0 Å². The summed E-state index contributed by atoms with van der Waals surface area (Å²) in [4.78, 5) is 0. The number of aromatic nitrogens is 2. The van der Waals surface area contributed by atoms with Crippen LogP contribution in [0.2, 0.25) is 5.02 Å². The minimum atomic E-state index is 0.822. The second-order valence-electron chi connectivity index (χ2n) is 3.37. The quantitative estimate of drug-likeness (QED) is 0.596. The Kier molecular flexibility index (Phi) is 4.05. The predicted molar refractivity (Wildman–Crippen MR) is 71.0 cm³/mol. The summed E-state index contributed by atoms with van der Waals surface area (Å²) in [6.07, 6.45) is 3.28. The van der Waals surface area contributed by atoms with Crippen molar-refractivity contribution in [3.8, 4) is 0 Å². The minimum Gasteiger partial charge on any atom is -0.159 e. The molecule has 0 spiro atoms. The highest BCUT2D eigenvalue weighted by Crippen LogP contribution is 2.21. The van der Waals surface area contributed by atoms with Crippen LogP contribution in [0, 0.1) is 0 Å². The van der Waals surface area contributed by atoms with Crippen molar-refractivity contribution < 1.29 is 0 Å². The smallest absolute Gasteiger partial charge is 0.0496 e. The normalized spacial score (nSPS) is 9.47. The van der Waals surface area contributed by atoms with Crippen LogP contribution in [0.25, 0.3) is 10.8 Å². The third-order valence-electron chi connectivity index (χ3n) is 2.22. The topological polar surface area (TPSA) is 25.8 Å². The number of hydrogen-bond donors (Lipinski definition) is 0. The van der Waals surface area contributed by atoms with E-state index in [1.165, 1.54) is 5.39 Å². The average molecular weight is 243 g/mol. The zero-order valence-corrected chi connectivity index (χ0v) is 9.88. The van der Waals surface area contributed by atoms with E-state index in [0.717, 1.165) is 10.4 Å². The second kappa shape index (κ2) is 5.97. The lowest BCUT2D eigenvalue weighted by atomic mass is 10.1. The van der Waals surface area contributed by atoms with Crippen molar-refractivity contribution in [2.24, 2.45) is 0 Å². The molecule has 0 unspecified atom stereocenters. The van der Waals surface area contributed by atoms with E-state index >= 15 is 0 Å². The maximum absolute atomic E-state index is 5.96. The third kappa shape index (κ3) is 3.26. The number of rotatable bonds is 0. The Bertz CT molecular complexity index is 550. The lowest BCUT2D eigenvalue weighted by Gasteiger charge is -1.97. The SMILES string of the molecule is Clc1cccc2ccccc12.c1ccnnc1. The van der Waals surface area contributed by atoms with Gasteiger partial charge < -0.3 is 0 Å². The van der Waals surface area contributed by atoms with E-state index in [-0.39, 0.29) is 0 Å². The number of hydrogen-bond acceptors (Lipinski definition) is 2. The summed E-state index contributed by atoms with van der Waals surface area (Å²) in [5, 5.41) is 10.2. The van der Waals surface area contributed by atoms with E-state index in [1.807, 2.05) is 42.5 Å². The highest BCUT2D eigenvalue weighted by molar-refractivity contribution is 6.35. The van der Waals surface area contributed by atoms with E-state index in [9.17, 15) is 0 Å². The second-order valence-corrected chi connectivity index (χ2v) is 3.78. The Morgan fingerprint density at radius 3 is 1.94 bits per heavy atom. The fraction of sp³-hybridized carbons (Fsp3) is 0. The number of halogens is 1. The van der Waals surface area contributed by atoms with Crippen LogP contribution in [0.1, 0.15) is 0 Å². The van der Waals surface area contributed by atoms with E-state index in [0.29, 0.717) is 0 Å². The van der Waals surface area contributed by atoms with Gasteiger partial charge in [0.1, 0.15) is 0 Å². The lowest BCUT2D eigenvalue weighted by Crippen LogP contribution is -1.70. The molecule has 0 saturated carbocycles. The molecule has 0 amide bonds. The molecule has 0 fully saturated rings. The van der Waals surface area contributed by atoms with Crippen LogP contribution in [0.5, 0.6) is 0 Å². The van der Waals surface area contributed by atoms with E-state index in [2.05, 4.69) is 22.3 Å². The largest absolute Gasteiger partial charge is 0.159 e. The highest BCUT2D eigenvalue weighted by atomic mass is 35.5. The van der Waals surface area contributed by atoms with Gasteiger partial charge in [0, 0.05) is 22.8 Å². The number of benzene rings is 2. The van der Waals surface area contributed by atoms with Crippen molar-refractivity contribution in [2.75, 3.05) is 0 Å². The summed E-state index contributed by atoms with van der Waals surface area (Å²) >= 11 is 5.96. The molecule has 0 aliphatic carbocycles. The molecule has 1 aromatic heterocycles. The first kappa shape index (κ1) is 11.6. The molecule has 84 valence electrons. The third-order valence-corrected chi connectivity index (χ3v) is 2.55. The molecule has 2 aromatic carbocycles. The van der Waals surface area contributed by atoms with Gasteiger partial charge >= 0.3 is 0 Å². The van der Waals surface area contributed by atoms with Crippen LogP contribution in [-0.2, 0) is 0 Å². The van der Waals surface area contributed by atoms with Gasteiger partial charge in [-0.05, 0) is 23.6 Å². The summed E-state index contributed by atoms with van der Waals surface area (Å²) in [5.74, 6) is 0. The average Bonchev–Trinajstić information content (AvgIpc) is 2.42. The first-order chi connectivity index (χ1) is 8.38. The first-order valence-corrected chi connectivity index (χ1v) is 5.60. The molecule has 0 bridgehead atoms. The van der Waals surface area contributed by atoms with Gasteiger partial charge in [-0.3, -0.25) is 0 Å². The van der Waals surface area contributed by atoms with E-state index in [1.54, 1.807) is 12.4 Å². The van der Waals surface area contributed by atoms with Crippen molar-refractivity contribution >= 4 is 22.4 Å². The Balaban J connectivity index is 0.000000153. The van der Waals surface area contributed by atoms with Crippen LogP contribution in [-0.4, -0.2) is 10.2 Å². The monoisotopic (exact) mass is 242 g/mol. The zero-order chi connectivity index (χ0) is 11.9. The Morgan fingerprint density at radius 1 is 0.706 bits per heavy atom. The van der Waals surface area contributed by atoms with Gasteiger partial charge in [-0.2, -0.15) is 10.2 Å². The van der Waals surface area contributed by atoms with Gasteiger partial charge in [0.25, 0.3) is 0 Å². The molecule has 0 saturated heterocycles. The number of nitrogens with zero attached hydrogens (tertiary/aromatic N) is 2. The van der Waals surface area contributed by atoms with E-state index < -0.39 is 0 Å². The van der Waals surface area contributed by atoms with Crippen molar-refractivity contribution in [2.45, 2.75) is 0 Å². The predicted octanol–water partition coefficient (Wildman–Crippen LogP) is 3.97. The zero-order valence-electron chi connectivity index (χ0n) is 9.12. The van der Waals surface area contributed by atoms with Crippen LogP contribution in [0.3, 0.4) is 0 Å². The summed E-state index contributed by atoms with van der Waals surface area (Å²) < 4.78 is 0. The fourth-order valence-corrected chi connectivity index (χ4v) is 1.68. The molecule has 2 nitrogen and oxygen atoms in total. The Hall–Kier alpha value is -1.93. The number of fused-ring (bicyclic) bond motifs is 1. The van der Waals surface area contributed by atoms with Gasteiger partial charge in [-0.1, -0.05) is 48.0 Å². The van der Waals surface area contributed by atoms with Gasteiger partial charge in [-0.25, -0.2) is 0 Å². The lowest BCUT2D eigenvalue weighted by molar-refractivity contribution is 1.03. The molecular formula is C14H11ClN2. The van der Waals surface area contributed by atoms with Gasteiger partial charge in [0.15, 0.2) is 0 Å². The molecule has 3 aromatic rings. The fourth-order valence-electron chi connectivity index (χ4n) is 1.44. The van der Waals surface area contributed by atoms with Crippen LogP contribution >= 0.6 is 11.6 Å². The van der Waals surface area contributed by atoms with Gasteiger partial charge in [0.2, 0.25) is 0 Å². The van der Waals surface area contributed by atoms with Crippen LogP contribution in [0.15, 0.2) is 67.0 Å². The van der Waals surface area contributed by atoms with Crippen molar-refractivity contribution in [1.82, 2.24) is 10.2 Å². The molecule has 1 heterocycles. The molecule has 0 N–H and O–H groups in total. The summed E-state index contributed by atoms with van der Waals surface area (Å²) in [6, 6.07) is 17.7. The van der Waals surface area contributed by atoms with Crippen LogP contribution in [0.4, 0.5) is 0 Å². The first-order valence-electron chi connectivity index (χ1n) is 5.23. The molecule has 0 aliphatic heterocycles. The van der Waals surface area contributed by atoms with Crippen molar-refractivity contribution in [3.05, 3.63) is 72.0 Å². The Morgan fingerprint density at radius 2 is 1.35 bits per heavy atom.